The van der Waals surface area contributed by atoms with Gasteiger partial charge in [-0.25, -0.2) is 13.9 Å². The number of fused-ring (bicyclic) bond motifs is 4. The molecule has 6 nitrogen and oxygen atoms in total. The second-order valence-electron chi connectivity index (χ2n) is 8.59. The van der Waals surface area contributed by atoms with E-state index >= 15 is 0 Å². The van der Waals surface area contributed by atoms with Crippen LogP contribution in [0.15, 0.2) is 43.2 Å². The number of hydrogen-bond donors (Lipinski definition) is 0. The van der Waals surface area contributed by atoms with E-state index in [1.807, 2.05) is 25.5 Å². The summed E-state index contributed by atoms with van der Waals surface area (Å²) in [6.07, 6.45) is 7.79. The van der Waals surface area contributed by atoms with Gasteiger partial charge in [0.2, 0.25) is 0 Å². The van der Waals surface area contributed by atoms with Gasteiger partial charge in [-0.3, -0.25) is 0 Å². The van der Waals surface area contributed by atoms with Crippen LogP contribution in [0.1, 0.15) is 36.8 Å². The van der Waals surface area contributed by atoms with Crippen molar-refractivity contribution >= 4 is 17.2 Å². The van der Waals surface area contributed by atoms with Gasteiger partial charge >= 0.3 is 0 Å². The molecule has 1 spiro atoms. The van der Waals surface area contributed by atoms with Crippen LogP contribution in [0, 0.1) is 5.82 Å². The van der Waals surface area contributed by atoms with Gasteiger partial charge in [0.15, 0.2) is 5.65 Å². The second kappa shape index (κ2) is 6.20. The van der Waals surface area contributed by atoms with Crippen molar-refractivity contribution in [3.05, 3.63) is 60.2 Å². The van der Waals surface area contributed by atoms with Crippen molar-refractivity contribution in [2.24, 2.45) is 0 Å². The van der Waals surface area contributed by atoms with Crippen molar-refractivity contribution in [1.29, 1.82) is 0 Å². The van der Waals surface area contributed by atoms with Gasteiger partial charge in [-0.15, -0.1) is 0 Å². The maximum absolute atomic E-state index is 14.3. The highest BCUT2D eigenvalue weighted by molar-refractivity contribution is 5.74. The van der Waals surface area contributed by atoms with Crippen LogP contribution < -0.4 is 9.64 Å². The summed E-state index contributed by atoms with van der Waals surface area (Å²) in [5, 5.41) is 4.49. The first-order valence-corrected chi connectivity index (χ1v) is 10.5. The van der Waals surface area contributed by atoms with Gasteiger partial charge in [0.25, 0.3) is 0 Å². The van der Waals surface area contributed by atoms with E-state index in [1.165, 1.54) is 6.07 Å². The molecule has 1 saturated carbocycles. The molecule has 30 heavy (non-hydrogen) atoms. The Morgan fingerprint density at radius 2 is 2.13 bits per heavy atom. The summed E-state index contributed by atoms with van der Waals surface area (Å²) in [7, 11) is 2.03. The van der Waals surface area contributed by atoms with Gasteiger partial charge in [0.05, 0.1) is 23.3 Å². The number of rotatable bonds is 0. The Labute approximate surface area is 174 Å². The predicted molar refractivity (Wildman–Crippen MR) is 113 cm³/mol. The minimum Gasteiger partial charge on any atom is -0.491 e. The largest absolute Gasteiger partial charge is 0.491 e. The molecule has 1 atom stereocenters. The monoisotopic (exact) mass is 405 g/mol. The zero-order valence-electron chi connectivity index (χ0n) is 17.0. The highest BCUT2D eigenvalue weighted by Gasteiger charge is 2.51. The van der Waals surface area contributed by atoms with Gasteiger partial charge in [0, 0.05) is 31.0 Å². The molecule has 2 fully saturated rings. The first kappa shape index (κ1) is 17.7. The lowest BCUT2D eigenvalue weighted by Gasteiger charge is -2.31. The third kappa shape index (κ3) is 2.47. The molecule has 7 heteroatoms. The molecule has 1 aromatic carbocycles. The average Bonchev–Trinajstić information content (AvgIpc) is 3.23. The summed E-state index contributed by atoms with van der Waals surface area (Å²) in [4.78, 5) is 9.43. The summed E-state index contributed by atoms with van der Waals surface area (Å²) < 4.78 is 22.4. The highest BCUT2D eigenvalue weighted by Crippen LogP contribution is 2.54. The van der Waals surface area contributed by atoms with Crippen molar-refractivity contribution < 1.29 is 9.13 Å². The van der Waals surface area contributed by atoms with Crippen molar-refractivity contribution in [3.8, 4) is 5.75 Å². The van der Waals surface area contributed by atoms with E-state index in [0.717, 1.165) is 66.3 Å². The summed E-state index contributed by atoms with van der Waals surface area (Å²) in [5.74, 6) is 1.36. The number of halogens is 1. The predicted octanol–water partition coefficient (Wildman–Crippen LogP) is 3.82. The van der Waals surface area contributed by atoms with Crippen LogP contribution >= 0.6 is 0 Å². The normalized spacial score (nSPS) is 22.3. The molecule has 2 aromatic heterocycles. The fourth-order valence-electron chi connectivity index (χ4n) is 5.07. The van der Waals surface area contributed by atoms with Crippen molar-refractivity contribution in [1.82, 2.24) is 19.5 Å². The highest BCUT2D eigenvalue weighted by atomic mass is 19.1. The van der Waals surface area contributed by atoms with Crippen LogP contribution in [0.2, 0.25) is 0 Å². The fourth-order valence-corrected chi connectivity index (χ4v) is 5.07. The molecule has 4 heterocycles. The van der Waals surface area contributed by atoms with E-state index in [1.54, 1.807) is 16.6 Å². The molecule has 0 unspecified atom stereocenters. The first-order chi connectivity index (χ1) is 14.6. The summed E-state index contributed by atoms with van der Waals surface area (Å²) in [5.41, 5.74) is 3.28. The molecule has 1 saturated heterocycles. The van der Waals surface area contributed by atoms with Crippen LogP contribution in [-0.4, -0.2) is 45.7 Å². The number of nitrogens with zero attached hydrogens (tertiary/aromatic N) is 5. The van der Waals surface area contributed by atoms with Crippen LogP contribution in [0.3, 0.4) is 0 Å². The molecule has 0 amide bonds. The van der Waals surface area contributed by atoms with Crippen LogP contribution in [0.25, 0.3) is 11.3 Å². The zero-order chi connectivity index (χ0) is 20.5. The quantitative estimate of drug-likeness (QED) is 0.569. The van der Waals surface area contributed by atoms with Gasteiger partial charge in [-0.2, -0.15) is 5.10 Å². The summed E-state index contributed by atoms with van der Waals surface area (Å²) >= 11 is 0. The molecule has 2 aliphatic heterocycles. The number of aromatic nitrogens is 3. The van der Waals surface area contributed by atoms with Gasteiger partial charge in [-0.05, 0) is 49.9 Å². The maximum atomic E-state index is 14.3. The van der Waals surface area contributed by atoms with Crippen LogP contribution in [0.4, 0.5) is 10.2 Å². The molecule has 3 aliphatic rings. The van der Waals surface area contributed by atoms with Gasteiger partial charge in [0.1, 0.15) is 24.0 Å². The average molecular weight is 405 g/mol. The third-order valence-electron chi connectivity index (χ3n) is 6.97. The molecular weight excluding hydrogens is 381 g/mol. The lowest BCUT2D eigenvalue weighted by molar-refractivity contribution is 0.218. The first-order valence-electron chi connectivity index (χ1n) is 10.5. The Hall–Kier alpha value is -3.09. The Morgan fingerprint density at radius 3 is 2.97 bits per heavy atom. The van der Waals surface area contributed by atoms with E-state index in [9.17, 15) is 4.39 Å². The maximum Gasteiger partial charge on any atom is 0.166 e. The Kier molecular flexibility index (Phi) is 3.67. The lowest BCUT2D eigenvalue weighted by Crippen LogP contribution is -2.34. The van der Waals surface area contributed by atoms with E-state index in [4.69, 9.17) is 9.72 Å². The van der Waals surface area contributed by atoms with Crippen LogP contribution in [0.5, 0.6) is 5.75 Å². The van der Waals surface area contributed by atoms with Crippen LogP contribution in [-0.2, 0) is 5.54 Å². The zero-order valence-corrected chi connectivity index (χ0v) is 17.0. The summed E-state index contributed by atoms with van der Waals surface area (Å²) in [6.45, 7) is 5.87. The van der Waals surface area contributed by atoms with E-state index in [0.29, 0.717) is 6.61 Å². The number of anilines is 1. The molecule has 0 radical (unpaired) electrons. The molecule has 6 rings (SSSR count). The topological polar surface area (TPSA) is 45.9 Å². The smallest absolute Gasteiger partial charge is 0.166 e. The Morgan fingerprint density at radius 1 is 1.27 bits per heavy atom. The van der Waals surface area contributed by atoms with Crippen molar-refractivity contribution in [2.75, 3.05) is 25.1 Å². The molecule has 0 N–H and O–H groups in total. The molecule has 2 bridgehead atoms. The number of benzene rings is 1. The van der Waals surface area contributed by atoms with Gasteiger partial charge < -0.3 is 14.5 Å². The molecular formula is C23H24FN5O. The van der Waals surface area contributed by atoms with E-state index in [2.05, 4.69) is 21.5 Å². The number of ether oxygens (including phenoxy) is 1. The minimum atomic E-state index is -0.302. The molecule has 3 aromatic rings. The van der Waals surface area contributed by atoms with Gasteiger partial charge in [-0.1, -0.05) is 6.58 Å². The van der Waals surface area contributed by atoms with E-state index < -0.39 is 0 Å². The Balaban J connectivity index is 1.56. The second-order valence-corrected chi connectivity index (χ2v) is 8.59. The fraction of sp³-hybridized carbons (Fsp3) is 0.391. The standard InChI is InChI=1S/C23H24FN5O/c1-15-18-13-25-29-11-7-21(26-22(18)29)27(2)23(8-9-23)19-12-16(24)5-6-20(19)30-14-17-4-3-10-28(15)17/h5-7,11-13,17H,1,3-4,8-10,14H2,2H3/t17-/m1/s1. The molecule has 1 aliphatic carbocycles. The molecule has 154 valence electrons. The van der Waals surface area contributed by atoms with Crippen molar-refractivity contribution in [2.45, 2.75) is 37.3 Å². The van der Waals surface area contributed by atoms with E-state index in [-0.39, 0.29) is 17.4 Å². The van der Waals surface area contributed by atoms with Crippen molar-refractivity contribution in [3.63, 3.8) is 0 Å². The number of hydrogen-bond acceptors (Lipinski definition) is 5. The Bertz CT molecular complexity index is 1170. The summed E-state index contributed by atoms with van der Waals surface area (Å²) in [6, 6.07) is 7.08. The third-order valence-corrected chi connectivity index (χ3v) is 6.97. The SMILES string of the molecule is C=C1c2cnn3ccc(nc23)N(C)C2(CC2)c2cc(F)ccc2OC[C@H]2CCCN12. The lowest BCUT2D eigenvalue weighted by atomic mass is 10.0. The minimum absolute atomic E-state index is 0.224.